The molecule has 0 aliphatic carbocycles. The number of rotatable bonds is 5. The summed E-state index contributed by atoms with van der Waals surface area (Å²) in [5.74, 6) is -0.0508. The van der Waals surface area contributed by atoms with E-state index in [1.807, 2.05) is 61.5 Å². The third-order valence-electron chi connectivity index (χ3n) is 2.96. The molecule has 0 aromatic heterocycles. The molecule has 2 N–H and O–H groups in total. The number of halogens is 1. The molecule has 3 nitrogen and oxygen atoms in total. The molecule has 0 aliphatic rings. The molecule has 1 atom stereocenters. The van der Waals surface area contributed by atoms with Crippen LogP contribution in [0.3, 0.4) is 0 Å². The maximum atomic E-state index is 12.0. The van der Waals surface area contributed by atoms with Crippen LogP contribution in [0.2, 0.25) is 5.02 Å². The van der Waals surface area contributed by atoms with Crippen LogP contribution in [0.1, 0.15) is 12.5 Å². The van der Waals surface area contributed by atoms with E-state index in [1.165, 1.54) is 0 Å². The molecular weight excluding hydrogens is 272 g/mol. The fourth-order valence-corrected chi connectivity index (χ4v) is 1.86. The molecule has 0 aliphatic heterocycles. The number of anilines is 1. The molecule has 1 amide bonds. The van der Waals surface area contributed by atoms with Gasteiger partial charge in [-0.25, -0.2) is 0 Å². The van der Waals surface area contributed by atoms with E-state index in [9.17, 15) is 4.79 Å². The fraction of sp³-hybridized carbons (Fsp3) is 0.188. The maximum Gasteiger partial charge on any atom is 0.241 e. The second-order valence-electron chi connectivity index (χ2n) is 4.58. The molecule has 4 heteroatoms. The summed E-state index contributed by atoms with van der Waals surface area (Å²) in [4.78, 5) is 12.0. The number of carbonyl (C=O) groups is 1. The molecule has 0 radical (unpaired) electrons. The molecule has 104 valence electrons. The standard InChI is InChI=1S/C16H17ClN2O/c1-12(16(20)19-15-5-3-2-4-6-15)18-11-13-7-9-14(17)10-8-13/h2-10,12,18H,11H2,1H3,(H,19,20). The molecule has 1 unspecified atom stereocenters. The monoisotopic (exact) mass is 288 g/mol. The zero-order valence-corrected chi connectivity index (χ0v) is 12.0. The van der Waals surface area contributed by atoms with Gasteiger partial charge in [-0.05, 0) is 36.8 Å². The van der Waals surface area contributed by atoms with E-state index < -0.39 is 0 Å². The van der Waals surface area contributed by atoms with Gasteiger partial charge in [0.05, 0.1) is 6.04 Å². The summed E-state index contributed by atoms with van der Waals surface area (Å²) in [5.41, 5.74) is 1.89. The number of amides is 1. The first-order chi connectivity index (χ1) is 9.65. The van der Waals surface area contributed by atoms with Crippen molar-refractivity contribution < 1.29 is 4.79 Å². The lowest BCUT2D eigenvalue weighted by Crippen LogP contribution is -2.37. The Hall–Kier alpha value is -1.84. The smallest absolute Gasteiger partial charge is 0.241 e. The van der Waals surface area contributed by atoms with Crippen LogP contribution in [0.4, 0.5) is 5.69 Å². The van der Waals surface area contributed by atoms with Crippen LogP contribution in [0.25, 0.3) is 0 Å². The highest BCUT2D eigenvalue weighted by Crippen LogP contribution is 2.10. The van der Waals surface area contributed by atoms with Crippen molar-refractivity contribution in [1.82, 2.24) is 5.32 Å². The average Bonchev–Trinajstić information content (AvgIpc) is 2.47. The highest BCUT2D eigenvalue weighted by molar-refractivity contribution is 6.30. The molecule has 0 fully saturated rings. The number of benzene rings is 2. The lowest BCUT2D eigenvalue weighted by atomic mass is 10.2. The van der Waals surface area contributed by atoms with Crippen LogP contribution in [0.5, 0.6) is 0 Å². The van der Waals surface area contributed by atoms with Crippen LogP contribution in [0, 0.1) is 0 Å². The van der Waals surface area contributed by atoms with E-state index >= 15 is 0 Å². The van der Waals surface area contributed by atoms with Gasteiger partial charge in [-0.15, -0.1) is 0 Å². The van der Waals surface area contributed by atoms with Crippen molar-refractivity contribution >= 4 is 23.2 Å². The predicted molar refractivity (Wildman–Crippen MR) is 82.8 cm³/mol. The summed E-state index contributed by atoms with van der Waals surface area (Å²) in [6, 6.07) is 16.7. The average molecular weight is 289 g/mol. The van der Waals surface area contributed by atoms with Gasteiger partial charge in [-0.2, -0.15) is 0 Å². The second-order valence-corrected chi connectivity index (χ2v) is 5.02. The van der Waals surface area contributed by atoms with Crippen molar-refractivity contribution in [3.8, 4) is 0 Å². The molecule has 0 saturated heterocycles. The first-order valence-corrected chi connectivity index (χ1v) is 6.86. The van der Waals surface area contributed by atoms with Gasteiger partial charge in [0.1, 0.15) is 0 Å². The number of nitrogens with one attached hydrogen (secondary N) is 2. The third-order valence-corrected chi connectivity index (χ3v) is 3.21. The molecule has 20 heavy (non-hydrogen) atoms. The highest BCUT2D eigenvalue weighted by atomic mass is 35.5. The molecule has 2 aromatic carbocycles. The van der Waals surface area contributed by atoms with Crippen LogP contribution in [0.15, 0.2) is 54.6 Å². The van der Waals surface area contributed by atoms with Crippen molar-refractivity contribution in [3.05, 3.63) is 65.2 Å². The molecular formula is C16H17ClN2O. The zero-order valence-electron chi connectivity index (χ0n) is 11.3. The van der Waals surface area contributed by atoms with Crippen molar-refractivity contribution in [2.45, 2.75) is 19.5 Å². The first kappa shape index (κ1) is 14.6. The van der Waals surface area contributed by atoms with Gasteiger partial charge in [0.2, 0.25) is 5.91 Å². The normalized spacial score (nSPS) is 11.9. The van der Waals surface area contributed by atoms with Gasteiger partial charge in [0.25, 0.3) is 0 Å². The maximum absolute atomic E-state index is 12.0. The van der Waals surface area contributed by atoms with Gasteiger partial charge < -0.3 is 10.6 Å². The Morgan fingerprint density at radius 1 is 1.10 bits per heavy atom. The Morgan fingerprint density at radius 3 is 2.40 bits per heavy atom. The SMILES string of the molecule is CC(NCc1ccc(Cl)cc1)C(=O)Nc1ccccc1. The van der Waals surface area contributed by atoms with Gasteiger partial charge >= 0.3 is 0 Å². The topological polar surface area (TPSA) is 41.1 Å². The Kier molecular flexibility index (Phi) is 5.16. The Balaban J connectivity index is 1.83. The van der Waals surface area contributed by atoms with Crippen molar-refractivity contribution in [2.75, 3.05) is 5.32 Å². The molecule has 0 spiro atoms. The number of carbonyl (C=O) groups excluding carboxylic acids is 1. The lowest BCUT2D eigenvalue weighted by molar-refractivity contribution is -0.117. The van der Waals surface area contributed by atoms with E-state index in [4.69, 9.17) is 11.6 Å². The van der Waals surface area contributed by atoms with Crippen LogP contribution in [-0.2, 0) is 11.3 Å². The summed E-state index contributed by atoms with van der Waals surface area (Å²) in [5, 5.41) is 6.76. The van der Waals surface area contributed by atoms with Gasteiger partial charge in [-0.1, -0.05) is 41.9 Å². The number of hydrogen-bond donors (Lipinski definition) is 2. The minimum atomic E-state index is -0.272. The Bertz CT molecular complexity index is 554. The predicted octanol–water partition coefficient (Wildman–Crippen LogP) is 3.46. The highest BCUT2D eigenvalue weighted by Gasteiger charge is 2.11. The van der Waals surface area contributed by atoms with E-state index in [2.05, 4.69) is 10.6 Å². The Morgan fingerprint density at radius 2 is 1.75 bits per heavy atom. The largest absolute Gasteiger partial charge is 0.325 e. The number of para-hydroxylation sites is 1. The first-order valence-electron chi connectivity index (χ1n) is 6.49. The molecule has 2 aromatic rings. The quantitative estimate of drug-likeness (QED) is 0.885. The van der Waals surface area contributed by atoms with E-state index in [-0.39, 0.29) is 11.9 Å². The Labute approximate surface area is 124 Å². The van der Waals surface area contributed by atoms with Crippen LogP contribution in [-0.4, -0.2) is 11.9 Å². The van der Waals surface area contributed by atoms with Crippen molar-refractivity contribution in [3.63, 3.8) is 0 Å². The van der Waals surface area contributed by atoms with Gasteiger partial charge in [0, 0.05) is 17.3 Å². The molecule has 0 saturated carbocycles. The summed E-state index contributed by atoms with van der Waals surface area (Å²) in [7, 11) is 0. The fourth-order valence-electron chi connectivity index (χ4n) is 1.74. The van der Waals surface area contributed by atoms with E-state index in [1.54, 1.807) is 0 Å². The van der Waals surface area contributed by atoms with Crippen LogP contribution < -0.4 is 10.6 Å². The van der Waals surface area contributed by atoms with Gasteiger partial charge in [-0.3, -0.25) is 4.79 Å². The molecule has 0 bridgehead atoms. The van der Waals surface area contributed by atoms with E-state index in [0.29, 0.717) is 11.6 Å². The van der Waals surface area contributed by atoms with Crippen molar-refractivity contribution in [2.24, 2.45) is 0 Å². The summed E-state index contributed by atoms with van der Waals surface area (Å²) in [6.45, 7) is 2.47. The van der Waals surface area contributed by atoms with E-state index in [0.717, 1.165) is 11.3 Å². The summed E-state index contributed by atoms with van der Waals surface area (Å²) >= 11 is 5.83. The van der Waals surface area contributed by atoms with Gasteiger partial charge in [0.15, 0.2) is 0 Å². The minimum Gasteiger partial charge on any atom is -0.325 e. The van der Waals surface area contributed by atoms with Crippen LogP contribution >= 0.6 is 11.6 Å². The summed E-state index contributed by atoms with van der Waals surface area (Å²) < 4.78 is 0. The lowest BCUT2D eigenvalue weighted by Gasteiger charge is -2.14. The second kappa shape index (κ2) is 7.08. The third kappa shape index (κ3) is 4.37. The number of hydrogen-bond acceptors (Lipinski definition) is 2. The van der Waals surface area contributed by atoms with Crippen molar-refractivity contribution in [1.29, 1.82) is 0 Å². The minimum absolute atomic E-state index is 0.0508. The molecule has 0 heterocycles. The molecule has 2 rings (SSSR count). The summed E-state index contributed by atoms with van der Waals surface area (Å²) in [6.07, 6.45) is 0. The zero-order chi connectivity index (χ0) is 14.4.